The number of hydrogen-bond acceptors (Lipinski definition) is 4. The average molecular weight is 339 g/mol. The van der Waals surface area contributed by atoms with Crippen molar-refractivity contribution in [3.63, 3.8) is 0 Å². The molecular weight excluding hydrogens is 320 g/mol. The van der Waals surface area contributed by atoms with E-state index in [1.807, 2.05) is 13.0 Å². The first-order valence-corrected chi connectivity index (χ1v) is 8.93. The number of Topliss-reactive ketones (excluding diaryl/α,β-unsaturated/α-hetero) is 2. The molecule has 0 radical (unpaired) electrons. The molecule has 0 N–H and O–H groups in total. The Morgan fingerprint density at radius 3 is 2.73 bits per heavy atom. The van der Waals surface area contributed by atoms with Crippen LogP contribution in [0.25, 0.3) is 0 Å². The van der Waals surface area contributed by atoms with Crippen molar-refractivity contribution in [1.29, 1.82) is 0 Å². The molecule has 1 atom stereocenters. The Balaban J connectivity index is 1.96. The lowest BCUT2D eigenvalue weighted by molar-refractivity contribution is -0.119. The second-order valence-electron chi connectivity index (χ2n) is 6.00. The molecule has 5 heteroatoms. The summed E-state index contributed by atoms with van der Waals surface area (Å²) in [5.74, 6) is 0.965. The highest BCUT2D eigenvalue weighted by Crippen LogP contribution is 2.45. The Hall–Kier alpha value is -0.840. The molecule has 0 amide bonds. The van der Waals surface area contributed by atoms with E-state index in [2.05, 4.69) is 0 Å². The highest BCUT2D eigenvalue weighted by molar-refractivity contribution is 7.99. The molecule has 1 heterocycles. The number of carbonyl (C=O) groups is 2. The van der Waals surface area contributed by atoms with Crippen molar-refractivity contribution in [2.24, 2.45) is 5.92 Å². The lowest BCUT2D eigenvalue weighted by Crippen LogP contribution is -2.15. The standard InChI is InChI=1S/C17H19ClO3S/c1-9-7-11(13(20)8-12(19)10-3-4-10)16(18)15-14(21-2)5-6-22-17(9)15/h7,10,14H,3-6,8H2,1-2H3/t14-/m0/s1. The molecule has 1 fully saturated rings. The molecule has 1 saturated carbocycles. The maximum absolute atomic E-state index is 12.5. The number of carbonyl (C=O) groups excluding carboxylic acids is 2. The first-order valence-electron chi connectivity index (χ1n) is 7.57. The van der Waals surface area contributed by atoms with Gasteiger partial charge < -0.3 is 4.74 Å². The molecule has 1 aromatic rings. The number of halogens is 1. The first kappa shape index (κ1) is 16.0. The molecule has 0 unspecified atom stereocenters. The number of aryl methyl sites for hydroxylation is 1. The number of fused-ring (bicyclic) bond motifs is 1. The third-order valence-corrected chi connectivity index (χ3v) is 6.01. The summed E-state index contributed by atoms with van der Waals surface area (Å²) in [4.78, 5) is 25.5. The van der Waals surface area contributed by atoms with E-state index in [0.29, 0.717) is 10.6 Å². The van der Waals surface area contributed by atoms with Gasteiger partial charge in [-0.25, -0.2) is 0 Å². The van der Waals surface area contributed by atoms with E-state index in [1.165, 1.54) is 0 Å². The highest BCUT2D eigenvalue weighted by Gasteiger charge is 2.33. The minimum atomic E-state index is -0.168. The zero-order chi connectivity index (χ0) is 15.9. The van der Waals surface area contributed by atoms with Gasteiger partial charge in [0.05, 0.1) is 17.5 Å². The fraction of sp³-hybridized carbons (Fsp3) is 0.529. The van der Waals surface area contributed by atoms with Crippen molar-refractivity contribution in [1.82, 2.24) is 0 Å². The van der Waals surface area contributed by atoms with E-state index >= 15 is 0 Å². The largest absolute Gasteiger partial charge is 0.377 e. The Morgan fingerprint density at radius 2 is 2.09 bits per heavy atom. The number of benzene rings is 1. The van der Waals surface area contributed by atoms with Crippen LogP contribution in [0.2, 0.25) is 5.02 Å². The number of hydrogen-bond donors (Lipinski definition) is 0. The van der Waals surface area contributed by atoms with Crippen LogP contribution in [0.15, 0.2) is 11.0 Å². The van der Waals surface area contributed by atoms with Gasteiger partial charge in [0.25, 0.3) is 0 Å². The number of methoxy groups -OCH3 is 1. The highest BCUT2D eigenvalue weighted by atomic mass is 35.5. The molecule has 3 rings (SSSR count). The van der Waals surface area contributed by atoms with Crippen LogP contribution in [0.4, 0.5) is 0 Å². The van der Waals surface area contributed by atoms with Gasteiger partial charge in [0.1, 0.15) is 5.78 Å². The smallest absolute Gasteiger partial charge is 0.171 e. The third kappa shape index (κ3) is 2.97. The second-order valence-corrected chi connectivity index (χ2v) is 7.48. The summed E-state index contributed by atoms with van der Waals surface area (Å²) < 4.78 is 5.54. The Labute approximate surface area is 139 Å². The lowest BCUT2D eigenvalue weighted by Gasteiger charge is -2.27. The van der Waals surface area contributed by atoms with Gasteiger partial charge in [-0.15, -0.1) is 11.8 Å². The monoisotopic (exact) mass is 338 g/mol. The molecule has 3 nitrogen and oxygen atoms in total. The summed E-state index contributed by atoms with van der Waals surface area (Å²) in [6.45, 7) is 1.99. The maximum atomic E-state index is 12.5. The van der Waals surface area contributed by atoms with Gasteiger partial charge in [0.15, 0.2) is 5.78 Å². The van der Waals surface area contributed by atoms with Crippen molar-refractivity contribution in [3.8, 4) is 0 Å². The number of ketones is 2. The minimum absolute atomic E-state index is 0.0343. The van der Waals surface area contributed by atoms with Crippen LogP contribution in [-0.2, 0) is 9.53 Å². The summed E-state index contributed by atoms with van der Waals surface area (Å²) in [6, 6.07) is 1.83. The van der Waals surface area contributed by atoms with Gasteiger partial charge in [0.2, 0.25) is 0 Å². The lowest BCUT2D eigenvalue weighted by atomic mass is 9.95. The van der Waals surface area contributed by atoms with Gasteiger partial charge in [0, 0.05) is 34.8 Å². The van der Waals surface area contributed by atoms with Crippen LogP contribution in [-0.4, -0.2) is 24.4 Å². The van der Waals surface area contributed by atoms with Gasteiger partial charge in [-0.05, 0) is 37.8 Å². The van der Waals surface area contributed by atoms with Crippen molar-refractivity contribution in [3.05, 3.63) is 27.8 Å². The molecule has 1 aromatic carbocycles. The summed E-state index contributed by atoms with van der Waals surface area (Å²) in [5, 5.41) is 0.466. The molecule has 0 spiro atoms. The van der Waals surface area contributed by atoms with Crippen molar-refractivity contribution < 1.29 is 14.3 Å². The summed E-state index contributed by atoms with van der Waals surface area (Å²) >= 11 is 8.28. The van der Waals surface area contributed by atoms with E-state index in [0.717, 1.165) is 41.0 Å². The zero-order valence-corrected chi connectivity index (χ0v) is 14.4. The molecule has 2 aliphatic rings. The number of ether oxygens (including phenoxy) is 1. The topological polar surface area (TPSA) is 43.4 Å². The Kier molecular flexibility index (Phi) is 4.62. The van der Waals surface area contributed by atoms with Gasteiger partial charge in [-0.1, -0.05) is 11.6 Å². The van der Waals surface area contributed by atoms with Crippen molar-refractivity contribution >= 4 is 34.9 Å². The molecule has 118 valence electrons. The van der Waals surface area contributed by atoms with E-state index < -0.39 is 0 Å². The van der Waals surface area contributed by atoms with Gasteiger partial charge in [-0.3, -0.25) is 9.59 Å². The van der Waals surface area contributed by atoms with Gasteiger partial charge >= 0.3 is 0 Å². The molecule has 1 aliphatic carbocycles. The maximum Gasteiger partial charge on any atom is 0.171 e. The summed E-state index contributed by atoms with van der Waals surface area (Å²) in [6.07, 6.45) is 2.62. The number of thioether (sulfide) groups is 1. The average Bonchev–Trinajstić information content (AvgIpc) is 3.34. The van der Waals surface area contributed by atoms with Crippen LogP contribution in [0.1, 0.15) is 53.3 Å². The predicted octanol–water partition coefficient (Wildman–Crippen LogP) is 4.38. The zero-order valence-electron chi connectivity index (χ0n) is 12.8. The van der Waals surface area contributed by atoms with Gasteiger partial charge in [-0.2, -0.15) is 0 Å². The quantitative estimate of drug-likeness (QED) is 0.590. The fourth-order valence-electron chi connectivity index (χ4n) is 2.94. The second kappa shape index (κ2) is 6.34. The fourth-order valence-corrected chi connectivity index (χ4v) is 4.58. The van der Waals surface area contributed by atoms with E-state index in [9.17, 15) is 9.59 Å². The predicted molar refractivity (Wildman–Crippen MR) is 88.0 cm³/mol. The van der Waals surface area contributed by atoms with Crippen molar-refractivity contribution in [2.75, 3.05) is 12.9 Å². The minimum Gasteiger partial charge on any atom is -0.377 e. The van der Waals surface area contributed by atoms with E-state index in [-0.39, 0.29) is 30.0 Å². The first-order chi connectivity index (χ1) is 10.5. The van der Waals surface area contributed by atoms with Crippen LogP contribution in [0.3, 0.4) is 0 Å². The molecule has 22 heavy (non-hydrogen) atoms. The SMILES string of the molecule is CO[C@H]1CCSc2c(C)cc(C(=O)CC(=O)C3CC3)c(Cl)c21. The van der Waals surface area contributed by atoms with E-state index in [1.54, 1.807) is 18.9 Å². The van der Waals surface area contributed by atoms with Crippen LogP contribution in [0.5, 0.6) is 0 Å². The Bertz CT molecular complexity index is 637. The molecular formula is C17H19ClO3S. The molecule has 0 saturated heterocycles. The van der Waals surface area contributed by atoms with Crippen molar-refractivity contribution in [2.45, 2.75) is 43.6 Å². The molecule has 0 bridgehead atoms. The Morgan fingerprint density at radius 1 is 1.36 bits per heavy atom. The van der Waals surface area contributed by atoms with Crippen LogP contribution in [0, 0.1) is 12.8 Å². The normalized spacial score (nSPS) is 20.6. The molecule has 0 aromatic heterocycles. The van der Waals surface area contributed by atoms with Crippen LogP contribution >= 0.6 is 23.4 Å². The third-order valence-electron chi connectivity index (χ3n) is 4.34. The summed E-state index contributed by atoms with van der Waals surface area (Å²) in [7, 11) is 1.67. The summed E-state index contributed by atoms with van der Waals surface area (Å²) in [5.41, 5.74) is 2.42. The van der Waals surface area contributed by atoms with Crippen LogP contribution < -0.4 is 0 Å². The molecule has 1 aliphatic heterocycles. The van der Waals surface area contributed by atoms with E-state index in [4.69, 9.17) is 16.3 Å². The number of rotatable bonds is 5.